The monoisotopic (exact) mass is 217 g/mol. The van der Waals surface area contributed by atoms with E-state index >= 15 is 0 Å². The van der Waals surface area contributed by atoms with Crippen LogP contribution in [0.15, 0.2) is 24.8 Å². The SMILES string of the molecule is C=Cc1c([CH]O)cccc1OC(F)(F)F. The maximum Gasteiger partial charge on any atom is 0.573 e. The molecule has 1 aromatic rings. The van der Waals surface area contributed by atoms with Gasteiger partial charge in [-0.1, -0.05) is 24.8 Å². The lowest BCUT2D eigenvalue weighted by molar-refractivity contribution is -0.274. The van der Waals surface area contributed by atoms with Crippen LogP contribution in [0.1, 0.15) is 11.1 Å². The van der Waals surface area contributed by atoms with Crippen LogP contribution in [0.2, 0.25) is 0 Å². The van der Waals surface area contributed by atoms with Crippen LogP contribution in [0.4, 0.5) is 13.2 Å². The molecule has 1 rings (SSSR count). The molecule has 15 heavy (non-hydrogen) atoms. The van der Waals surface area contributed by atoms with Crippen molar-refractivity contribution >= 4 is 6.08 Å². The van der Waals surface area contributed by atoms with Gasteiger partial charge in [-0.3, -0.25) is 0 Å². The Hall–Kier alpha value is -1.49. The highest BCUT2D eigenvalue weighted by atomic mass is 19.4. The summed E-state index contributed by atoms with van der Waals surface area (Å²) < 4.78 is 39.7. The number of alkyl halides is 3. The molecule has 0 saturated heterocycles. The molecule has 0 atom stereocenters. The molecule has 0 spiro atoms. The predicted octanol–water partition coefficient (Wildman–Crippen LogP) is 3.11. The first kappa shape index (κ1) is 11.6. The van der Waals surface area contributed by atoms with Crippen LogP contribution in [-0.2, 0) is 0 Å². The van der Waals surface area contributed by atoms with Crippen LogP contribution in [-0.4, -0.2) is 11.5 Å². The number of rotatable bonds is 3. The van der Waals surface area contributed by atoms with Crippen LogP contribution >= 0.6 is 0 Å². The number of benzene rings is 1. The first-order chi connectivity index (χ1) is 6.98. The highest BCUT2D eigenvalue weighted by molar-refractivity contribution is 5.61. The van der Waals surface area contributed by atoms with E-state index in [4.69, 9.17) is 5.11 Å². The van der Waals surface area contributed by atoms with E-state index in [0.717, 1.165) is 6.07 Å². The van der Waals surface area contributed by atoms with Crippen molar-refractivity contribution in [3.63, 3.8) is 0 Å². The maximum atomic E-state index is 12.0. The fraction of sp³-hybridized carbons (Fsp3) is 0.100. The van der Waals surface area contributed by atoms with Crippen molar-refractivity contribution in [2.45, 2.75) is 6.36 Å². The number of hydrogen-bond donors (Lipinski definition) is 1. The Kier molecular flexibility index (Phi) is 3.36. The largest absolute Gasteiger partial charge is 0.573 e. The highest BCUT2D eigenvalue weighted by Crippen LogP contribution is 2.29. The van der Waals surface area contributed by atoms with Gasteiger partial charge in [0.1, 0.15) is 12.4 Å². The van der Waals surface area contributed by atoms with Crippen molar-refractivity contribution in [2.75, 3.05) is 0 Å². The standard InChI is InChI=1S/C10H8F3O2/c1-2-8-7(6-14)4-3-5-9(8)15-10(11,12)13/h2-6,14H,1H2. The third-order valence-electron chi connectivity index (χ3n) is 1.67. The summed E-state index contributed by atoms with van der Waals surface area (Å²) in [6.45, 7) is 4.05. The quantitative estimate of drug-likeness (QED) is 0.842. The summed E-state index contributed by atoms with van der Waals surface area (Å²) in [4.78, 5) is 0. The van der Waals surface area contributed by atoms with Crippen LogP contribution < -0.4 is 4.74 Å². The highest BCUT2D eigenvalue weighted by Gasteiger charge is 2.32. The molecule has 1 aromatic carbocycles. The molecule has 0 aliphatic rings. The Morgan fingerprint density at radius 2 is 2.00 bits per heavy atom. The van der Waals surface area contributed by atoms with Gasteiger partial charge in [-0.25, -0.2) is 0 Å². The second-order valence-corrected chi connectivity index (χ2v) is 2.64. The molecule has 0 saturated carbocycles. The van der Waals surface area contributed by atoms with E-state index in [1.54, 1.807) is 0 Å². The lowest BCUT2D eigenvalue weighted by Gasteiger charge is -2.13. The van der Waals surface area contributed by atoms with Gasteiger partial charge in [0.05, 0.1) is 0 Å². The smallest absolute Gasteiger partial charge is 0.405 e. The minimum absolute atomic E-state index is 0.0947. The molecule has 0 heterocycles. The summed E-state index contributed by atoms with van der Waals surface area (Å²) >= 11 is 0. The molecular formula is C10H8F3O2. The van der Waals surface area contributed by atoms with E-state index in [1.807, 2.05) is 0 Å². The topological polar surface area (TPSA) is 29.5 Å². The molecule has 0 aromatic heterocycles. The summed E-state index contributed by atoms with van der Waals surface area (Å²) in [5.74, 6) is -0.389. The molecule has 0 fully saturated rings. The zero-order valence-electron chi connectivity index (χ0n) is 7.58. The van der Waals surface area contributed by atoms with Crippen LogP contribution in [0.5, 0.6) is 5.75 Å². The van der Waals surface area contributed by atoms with Gasteiger partial charge < -0.3 is 9.84 Å². The average Bonchev–Trinajstić information content (AvgIpc) is 2.15. The minimum atomic E-state index is -4.76. The Morgan fingerprint density at radius 1 is 1.33 bits per heavy atom. The molecular weight excluding hydrogens is 209 g/mol. The Bertz CT molecular complexity index is 358. The number of halogens is 3. The fourth-order valence-corrected chi connectivity index (χ4v) is 1.11. The summed E-state index contributed by atoms with van der Waals surface area (Å²) in [5.41, 5.74) is 0.309. The normalized spacial score (nSPS) is 11.2. The zero-order valence-corrected chi connectivity index (χ0v) is 7.58. The van der Waals surface area contributed by atoms with E-state index in [9.17, 15) is 13.2 Å². The Labute approximate surface area is 84.6 Å². The number of ether oxygens (including phenoxy) is 1. The predicted molar refractivity (Wildman–Crippen MR) is 48.6 cm³/mol. The fourth-order valence-electron chi connectivity index (χ4n) is 1.11. The molecule has 0 unspecified atom stereocenters. The van der Waals surface area contributed by atoms with Gasteiger partial charge in [-0.05, 0) is 11.6 Å². The molecule has 0 amide bonds. The molecule has 2 nitrogen and oxygen atoms in total. The van der Waals surface area contributed by atoms with E-state index in [0.29, 0.717) is 6.61 Å². The maximum absolute atomic E-state index is 12.0. The number of hydrogen-bond acceptors (Lipinski definition) is 2. The van der Waals surface area contributed by atoms with Gasteiger partial charge in [-0.2, -0.15) is 0 Å². The summed E-state index contributed by atoms with van der Waals surface area (Å²) in [5, 5.41) is 8.76. The third kappa shape index (κ3) is 2.99. The lowest BCUT2D eigenvalue weighted by Crippen LogP contribution is -2.18. The van der Waals surface area contributed by atoms with Gasteiger partial charge in [-0.15, -0.1) is 13.2 Å². The van der Waals surface area contributed by atoms with E-state index in [2.05, 4.69) is 11.3 Å². The molecule has 5 heteroatoms. The minimum Gasteiger partial charge on any atom is -0.405 e. The summed E-state index contributed by atoms with van der Waals surface area (Å²) in [6, 6.07) is 3.94. The second-order valence-electron chi connectivity index (χ2n) is 2.64. The van der Waals surface area contributed by atoms with Crippen LogP contribution in [0, 0.1) is 6.61 Å². The van der Waals surface area contributed by atoms with E-state index < -0.39 is 6.36 Å². The first-order valence-electron chi connectivity index (χ1n) is 3.96. The number of aliphatic hydroxyl groups is 1. The summed E-state index contributed by atoms with van der Waals surface area (Å²) in [6.07, 6.45) is -3.57. The van der Waals surface area contributed by atoms with Crippen molar-refractivity contribution in [1.82, 2.24) is 0 Å². The molecule has 0 aliphatic heterocycles. The first-order valence-corrected chi connectivity index (χ1v) is 3.96. The molecule has 1 radical (unpaired) electrons. The van der Waals surface area contributed by atoms with Gasteiger partial charge in [0.2, 0.25) is 0 Å². The average molecular weight is 217 g/mol. The third-order valence-corrected chi connectivity index (χ3v) is 1.67. The second kappa shape index (κ2) is 4.35. The van der Waals surface area contributed by atoms with Gasteiger partial charge in [0.15, 0.2) is 0 Å². The Morgan fingerprint density at radius 3 is 2.47 bits per heavy atom. The summed E-state index contributed by atoms with van der Waals surface area (Å²) in [7, 11) is 0. The number of aliphatic hydroxyl groups excluding tert-OH is 1. The molecule has 0 bridgehead atoms. The van der Waals surface area contributed by atoms with Gasteiger partial charge in [0.25, 0.3) is 0 Å². The van der Waals surface area contributed by atoms with Crippen molar-refractivity contribution in [1.29, 1.82) is 0 Å². The zero-order chi connectivity index (χ0) is 11.5. The van der Waals surface area contributed by atoms with E-state index in [1.165, 1.54) is 18.2 Å². The van der Waals surface area contributed by atoms with Crippen molar-refractivity contribution in [2.24, 2.45) is 0 Å². The lowest BCUT2D eigenvalue weighted by atomic mass is 10.1. The molecule has 1 N–H and O–H groups in total. The van der Waals surface area contributed by atoms with Gasteiger partial charge in [0, 0.05) is 5.56 Å². The van der Waals surface area contributed by atoms with Gasteiger partial charge >= 0.3 is 6.36 Å². The molecule has 81 valence electrons. The van der Waals surface area contributed by atoms with Crippen LogP contribution in [0.3, 0.4) is 0 Å². The van der Waals surface area contributed by atoms with E-state index in [-0.39, 0.29) is 16.9 Å². The molecule has 0 aliphatic carbocycles. The Balaban J connectivity index is 3.12. The van der Waals surface area contributed by atoms with Crippen molar-refractivity contribution in [3.8, 4) is 5.75 Å². The van der Waals surface area contributed by atoms with Crippen LogP contribution in [0.25, 0.3) is 6.08 Å². The van der Waals surface area contributed by atoms with Crippen molar-refractivity contribution in [3.05, 3.63) is 42.5 Å². The van der Waals surface area contributed by atoms with Crippen molar-refractivity contribution < 1.29 is 23.0 Å².